The Labute approximate surface area is 205 Å². The second-order valence-corrected chi connectivity index (χ2v) is 9.08. The largest absolute Gasteiger partial charge is 0.466 e. The standard InChI is InChI=1S/C28H30N2O5/c1-33-27(32)25-24(26(31)30-21-13-16-34-17-14-21)22-12-15-28(25,35-22)23(18-19-8-4-2-5-9-19)29-20-10-6-3-7-11-20/h2-12,15,21-23,29H,13-14,16-18H2,1H3,(H,30,31). The molecule has 7 heteroatoms. The second kappa shape index (κ2) is 10.1. The maximum atomic E-state index is 13.5. The van der Waals surface area contributed by atoms with Crippen LogP contribution in [0.1, 0.15) is 18.4 Å². The van der Waals surface area contributed by atoms with Gasteiger partial charge in [-0.3, -0.25) is 4.79 Å². The molecule has 3 aliphatic heterocycles. The summed E-state index contributed by atoms with van der Waals surface area (Å²) in [6.07, 6.45) is 5.22. The fourth-order valence-electron chi connectivity index (χ4n) is 5.16. The molecule has 0 radical (unpaired) electrons. The van der Waals surface area contributed by atoms with Gasteiger partial charge in [0.2, 0.25) is 0 Å². The van der Waals surface area contributed by atoms with E-state index in [0.717, 1.165) is 24.1 Å². The zero-order valence-electron chi connectivity index (χ0n) is 19.7. The van der Waals surface area contributed by atoms with Crippen LogP contribution in [0.4, 0.5) is 5.69 Å². The Balaban J connectivity index is 1.53. The molecule has 2 aromatic carbocycles. The molecule has 2 aromatic rings. The average molecular weight is 475 g/mol. The predicted octanol–water partition coefficient (Wildman–Crippen LogP) is 3.18. The van der Waals surface area contributed by atoms with Crippen molar-refractivity contribution < 1.29 is 23.8 Å². The van der Waals surface area contributed by atoms with Crippen molar-refractivity contribution >= 4 is 17.6 Å². The molecule has 2 bridgehead atoms. The fourth-order valence-corrected chi connectivity index (χ4v) is 5.16. The highest BCUT2D eigenvalue weighted by Gasteiger charge is 2.58. The number of fused-ring (bicyclic) bond motifs is 2. The highest BCUT2D eigenvalue weighted by atomic mass is 16.5. The van der Waals surface area contributed by atoms with Crippen LogP contribution < -0.4 is 10.6 Å². The van der Waals surface area contributed by atoms with Crippen LogP contribution >= 0.6 is 0 Å². The van der Waals surface area contributed by atoms with Crippen LogP contribution in [0.15, 0.2) is 84.0 Å². The summed E-state index contributed by atoms with van der Waals surface area (Å²) in [6, 6.07) is 19.5. The molecule has 5 rings (SSSR count). The summed E-state index contributed by atoms with van der Waals surface area (Å²) < 4.78 is 17.1. The molecule has 0 aromatic heterocycles. The van der Waals surface area contributed by atoms with E-state index in [1.807, 2.05) is 72.8 Å². The van der Waals surface area contributed by atoms with E-state index in [4.69, 9.17) is 14.2 Å². The smallest absolute Gasteiger partial charge is 0.337 e. The molecular weight excluding hydrogens is 444 g/mol. The summed E-state index contributed by atoms with van der Waals surface area (Å²) in [5, 5.41) is 6.66. The predicted molar refractivity (Wildman–Crippen MR) is 132 cm³/mol. The second-order valence-electron chi connectivity index (χ2n) is 9.08. The molecule has 35 heavy (non-hydrogen) atoms. The number of nitrogens with one attached hydrogen (secondary N) is 2. The third kappa shape index (κ3) is 4.61. The van der Waals surface area contributed by atoms with Gasteiger partial charge in [-0.15, -0.1) is 0 Å². The summed E-state index contributed by atoms with van der Waals surface area (Å²) in [4.78, 5) is 26.7. The zero-order valence-corrected chi connectivity index (χ0v) is 19.7. The van der Waals surface area contributed by atoms with Crippen LogP contribution in [0.3, 0.4) is 0 Å². The Morgan fingerprint density at radius 3 is 2.43 bits per heavy atom. The van der Waals surface area contributed by atoms with Gasteiger partial charge in [0, 0.05) is 24.9 Å². The summed E-state index contributed by atoms with van der Waals surface area (Å²) in [7, 11) is 1.34. The third-order valence-electron chi connectivity index (χ3n) is 6.89. The first kappa shape index (κ1) is 23.3. The lowest BCUT2D eigenvalue weighted by atomic mass is 9.78. The molecule has 0 saturated carbocycles. The maximum Gasteiger partial charge on any atom is 0.337 e. The molecule has 3 unspecified atom stereocenters. The van der Waals surface area contributed by atoms with E-state index < -0.39 is 17.7 Å². The number of carbonyl (C=O) groups is 2. The fraction of sp³-hybridized carbons (Fsp3) is 0.357. The minimum absolute atomic E-state index is 0.00395. The SMILES string of the molecule is COC(=O)C1=C(C(=O)NC2CCOCC2)C2C=CC1(C(Cc1ccccc1)Nc1ccccc1)O2. The summed E-state index contributed by atoms with van der Waals surface area (Å²) in [6.45, 7) is 1.22. The van der Waals surface area contributed by atoms with Crippen molar-refractivity contribution in [3.05, 3.63) is 89.5 Å². The van der Waals surface area contributed by atoms with Gasteiger partial charge in [-0.25, -0.2) is 4.79 Å². The molecule has 3 aliphatic rings. The van der Waals surface area contributed by atoms with Crippen molar-refractivity contribution in [1.29, 1.82) is 0 Å². The van der Waals surface area contributed by atoms with E-state index in [2.05, 4.69) is 10.6 Å². The van der Waals surface area contributed by atoms with Crippen LogP contribution in [0.25, 0.3) is 0 Å². The average Bonchev–Trinajstić information content (AvgIpc) is 3.48. The molecule has 1 saturated heterocycles. The Kier molecular flexibility index (Phi) is 6.70. The lowest BCUT2D eigenvalue weighted by Crippen LogP contribution is -2.50. The van der Waals surface area contributed by atoms with E-state index in [1.165, 1.54) is 7.11 Å². The molecule has 182 valence electrons. The molecular formula is C28H30N2O5. The van der Waals surface area contributed by atoms with Crippen LogP contribution in [0, 0.1) is 0 Å². The monoisotopic (exact) mass is 474 g/mol. The number of rotatable bonds is 8. The summed E-state index contributed by atoms with van der Waals surface area (Å²) in [5.41, 5.74) is 1.43. The van der Waals surface area contributed by atoms with Gasteiger partial charge in [0.15, 0.2) is 0 Å². The first-order chi connectivity index (χ1) is 17.1. The topological polar surface area (TPSA) is 85.9 Å². The van der Waals surface area contributed by atoms with Gasteiger partial charge in [0.05, 0.1) is 24.3 Å². The van der Waals surface area contributed by atoms with E-state index >= 15 is 0 Å². The first-order valence-corrected chi connectivity index (χ1v) is 12.0. The number of amides is 1. The minimum atomic E-state index is -1.15. The number of carbonyl (C=O) groups excluding carboxylic acids is 2. The van der Waals surface area contributed by atoms with Crippen molar-refractivity contribution in [2.45, 2.75) is 43.1 Å². The maximum absolute atomic E-state index is 13.5. The van der Waals surface area contributed by atoms with Gasteiger partial charge in [0.1, 0.15) is 11.7 Å². The van der Waals surface area contributed by atoms with E-state index in [-0.39, 0.29) is 23.6 Å². The highest BCUT2D eigenvalue weighted by Crippen LogP contribution is 2.47. The highest BCUT2D eigenvalue weighted by molar-refractivity contribution is 6.07. The number of benzene rings is 2. The van der Waals surface area contributed by atoms with E-state index in [9.17, 15) is 9.59 Å². The number of hydrogen-bond acceptors (Lipinski definition) is 6. The lowest BCUT2D eigenvalue weighted by molar-refractivity contribution is -0.138. The van der Waals surface area contributed by atoms with Crippen LogP contribution in [0.5, 0.6) is 0 Å². The Morgan fingerprint density at radius 2 is 1.74 bits per heavy atom. The molecule has 0 aliphatic carbocycles. The van der Waals surface area contributed by atoms with Gasteiger partial charge in [0.25, 0.3) is 5.91 Å². The molecule has 3 heterocycles. The van der Waals surface area contributed by atoms with Crippen LogP contribution in [0.2, 0.25) is 0 Å². The number of esters is 1. The van der Waals surface area contributed by atoms with E-state index in [0.29, 0.717) is 25.2 Å². The van der Waals surface area contributed by atoms with Crippen LogP contribution in [-0.4, -0.2) is 56.0 Å². The third-order valence-corrected chi connectivity index (χ3v) is 6.89. The Morgan fingerprint density at radius 1 is 1.06 bits per heavy atom. The van der Waals surface area contributed by atoms with Crippen molar-refractivity contribution in [1.82, 2.24) is 5.32 Å². The van der Waals surface area contributed by atoms with Crippen molar-refractivity contribution in [2.24, 2.45) is 0 Å². The summed E-state index contributed by atoms with van der Waals surface area (Å²) >= 11 is 0. The quantitative estimate of drug-likeness (QED) is 0.452. The minimum Gasteiger partial charge on any atom is -0.466 e. The number of methoxy groups -OCH3 is 1. The molecule has 7 nitrogen and oxygen atoms in total. The molecule has 1 amide bonds. The van der Waals surface area contributed by atoms with E-state index in [1.54, 1.807) is 0 Å². The van der Waals surface area contributed by atoms with Crippen molar-refractivity contribution in [2.75, 3.05) is 25.6 Å². The van der Waals surface area contributed by atoms with Crippen molar-refractivity contribution in [3.8, 4) is 0 Å². The number of para-hydroxylation sites is 1. The molecule has 0 spiro atoms. The first-order valence-electron chi connectivity index (χ1n) is 12.0. The normalized spacial score (nSPS) is 24.3. The molecule has 1 fully saturated rings. The number of hydrogen-bond donors (Lipinski definition) is 2. The Bertz CT molecular complexity index is 1080. The summed E-state index contributed by atoms with van der Waals surface area (Å²) in [5.74, 6) is -0.839. The number of anilines is 1. The molecule has 3 atom stereocenters. The van der Waals surface area contributed by atoms with Crippen molar-refractivity contribution in [3.63, 3.8) is 0 Å². The van der Waals surface area contributed by atoms with Gasteiger partial charge in [-0.05, 0) is 43.0 Å². The van der Waals surface area contributed by atoms with Gasteiger partial charge >= 0.3 is 5.97 Å². The van der Waals surface area contributed by atoms with Gasteiger partial charge in [-0.1, -0.05) is 54.6 Å². The Hall–Kier alpha value is -3.42. The number of ether oxygens (including phenoxy) is 3. The van der Waals surface area contributed by atoms with Gasteiger partial charge < -0.3 is 24.8 Å². The molecule has 2 N–H and O–H groups in total. The lowest BCUT2D eigenvalue weighted by Gasteiger charge is -2.36. The van der Waals surface area contributed by atoms with Gasteiger partial charge in [-0.2, -0.15) is 0 Å². The zero-order chi connectivity index (χ0) is 24.3. The van der Waals surface area contributed by atoms with Crippen LogP contribution in [-0.2, 0) is 30.2 Å².